The van der Waals surface area contributed by atoms with Crippen LogP contribution in [-0.2, 0) is 0 Å². The van der Waals surface area contributed by atoms with Crippen LogP contribution in [0.2, 0.25) is 0 Å². The number of nitrogens with one attached hydrogen (secondary N) is 1. The molecule has 0 saturated carbocycles. The van der Waals surface area contributed by atoms with E-state index in [1.165, 1.54) is 12.3 Å². The van der Waals surface area contributed by atoms with Gasteiger partial charge >= 0.3 is 0 Å². The number of likely N-dealkylation sites (N-methyl/N-ethyl adjacent to an activating group) is 1. The fourth-order valence-electron chi connectivity index (χ4n) is 5.72. The number of rotatable bonds is 6. The number of carbonyl (C=O) groups is 1. The van der Waals surface area contributed by atoms with Gasteiger partial charge in [-0.25, -0.2) is 28.7 Å². The molecular weight excluding hydrogens is 514 g/mol. The van der Waals surface area contributed by atoms with Gasteiger partial charge in [0.15, 0.2) is 11.6 Å². The Morgan fingerprint density at radius 2 is 1.77 bits per heavy atom. The van der Waals surface area contributed by atoms with Crippen LogP contribution in [0.5, 0.6) is 0 Å². The largest absolute Gasteiger partial charge is 0.335 e. The minimum Gasteiger partial charge on any atom is -0.335 e. The summed E-state index contributed by atoms with van der Waals surface area (Å²) in [5.74, 6) is -0.146. The number of piperazine rings is 1. The molecule has 1 aromatic carbocycles. The molecule has 2 atom stereocenters. The molecule has 1 amide bonds. The van der Waals surface area contributed by atoms with E-state index in [9.17, 15) is 13.6 Å². The van der Waals surface area contributed by atoms with Gasteiger partial charge in [0, 0.05) is 43.0 Å². The van der Waals surface area contributed by atoms with Crippen molar-refractivity contribution in [3.8, 4) is 11.3 Å². The lowest BCUT2D eigenvalue weighted by atomic mass is 10.1. The maximum Gasteiger partial charge on any atom is 0.255 e. The highest BCUT2D eigenvalue weighted by Crippen LogP contribution is 2.30. The molecule has 1 aliphatic heterocycles. The summed E-state index contributed by atoms with van der Waals surface area (Å²) in [6, 6.07) is 6.87. The zero-order valence-corrected chi connectivity index (χ0v) is 23.6. The number of halogens is 2. The highest BCUT2D eigenvalue weighted by Gasteiger charge is 2.31. The number of hydrogen-bond donors (Lipinski definition) is 1. The van der Waals surface area contributed by atoms with Crippen LogP contribution in [0.15, 0.2) is 36.7 Å². The molecule has 1 fully saturated rings. The predicted octanol–water partition coefficient (Wildman–Crippen LogP) is 5.35. The molecule has 210 valence electrons. The summed E-state index contributed by atoms with van der Waals surface area (Å²) in [5, 5.41) is 2.96. The topological polar surface area (TPSA) is 92.1 Å². The fourth-order valence-corrected chi connectivity index (χ4v) is 5.72. The Balaban J connectivity index is 1.37. The van der Waals surface area contributed by atoms with Crippen LogP contribution in [0.25, 0.3) is 22.3 Å². The summed E-state index contributed by atoms with van der Waals surface area (Å²) in [7, 11) is 0. The van der Waals surface area contributed by atoms with Gasteiger partial charge in [-0.05, 0) is 65.4 Å². The van der Waals surface area contributed by atoms with E-state index in [4.69, 9.17) is 0 Å². The molecule has 0 bridgehead atoms. The number of nitrogens with zero attached hydrogens (tertiary/aromatic N) is 7. The number of pyridine rings is 1. The number of anilines is 2. The van der Waals surface area contributed by atoms with Crippen molar-refractivity contribution < 1.29 is 13.6 Å². The molecule has 5 rings (SSSR count). The molecule has 1 N–H and O–H groups in total. The van der Waals surface area contributed by atoms with Crippen LogP contribution in [0.4, 0.5) is 20.5 Å². The third-order valence-electron chi connectivity index (χ3n) is 7.46. The summed E-state index contributed by atoms with van der Waals surface area (Å²) in [6.45, 7) is 14.4. The third-order valence-corrected chi connectivity index (χ3v) is 7.46. The van der Waals surface area contributed by atoms with Crippen molar-refractivity contribution in [2.24, 2.45) is 0 Å². The van der Waals surface area contributed by atoms with Crippen molar-refractivity contribution >= 4 is 28.7 Å². The zero-order chi connectivity index (χ0) is 28.7. The number of aromatic nitrogens is 5. The van der Waals surface area contributed by atoms with Crippen LogP contribution in [0.1, 0.15) is 56.8 Å². The van der Waals surface area contributed by atoms with E-state index in [0.29, 0.717) is 35.8 Å². The number of hydrogen-bond acceptors (Lipinski definition) is 7. The molecule has 4 heterocycles. The van der Waals surface area contributed by atoms with Crippen molar-refractivity contribution in [3.05, 3.63) is 59.7 Å². The summed E-state index contributed by atoms with van der Waals surface area (Å²) in [5.41, 5.74) is 1.51. The molecule has 0 aliphatic carbocycles. The van der Waals surface area contributed by atoms with E-state index in [-0.39, 0.29) is 46.8 Å². The highest BCUT2D eigenvalue weighted by molar-refractivity contribution is 5.94. The Bertz CT molecular complexity index is 1540. The average Bonchev–Trinajstić information content (AvgIpc) is 3.26. The number of fused-ring (bicyclic) bond motifs is 1. The Labute approximate surface area is 232 Å². The van der Waals surface area contributed by atoms with Gasteiger partial charge in [-0.15, -0.1) is 0 Å². The fraction of sp³-hybridized carbons (Fsp3) is 0.414. The number of imidazole rings is 1. The zero-order valence-electron chi connectivity index (χ0n) is 23.6. The molecule has 40 heavy (non-hydrogen) atoms. The number of carbonyl (C=O) groups excluding carboxylic acids is 1. The summed E-state index contributed by atoms with van der Waals surface area (Å²) < 4.78 is 31.7. The molecule has 0 radical (unpaired) electrons. The minimum atomic E-state index is -0.683. The van der Waals surface area contributed by atoms with Crippen LogP contribution < -0.4 is 5.32 Å². The van der Waals surface area contributed by atoms with E-state index in [0.717, 1.165) is 12.7 Å². The van der Waals surface area contributed by atoms with Crippen LogP contribution in [-0.4, -0.2) is 71.9 Å². The van der Waals surface area contributed by atoms with Gasteiger partial charge in [0.1, 0.15) is 22.9 Å². The van der Waals surface area contributed by atoms with E-state index in [1.807, 2.05) is 30.2 Å². The molecule has 3 aromatic heterocycles. The second-order valence-electron chi connectivity index (χ2n) is 10.6. The molecule has 2 unspecified atom stereocenters. The minimum absolute atomic E-state index is 0.0424. The van der Waals surface area contributed by atoms with Gasteiger partial charge in [-0.2, -0.15) is 0 Å². The van der Waals surface area contributed by atoms with Gasteiger partial charge in [-0.3, -0.25) is 9.69 Å². The molecule has 0 spiro atoms. The monoisotopic (exact) mass is 548 g/mol. The van der Waals surface area contributed by atoms with E-state index < -0.39 is 11.6 Å². The quantitative estimate of drug-likeness (QED) is 0.347. The van der Waals surface area contributed by atoms with Crippen molar-refractivity contribution in [1.29, 1.82) is 0 Å². The second-order valence-corrected chi connectivity index (χ2v) is 10.6. The molecular formula is C29H34F2N8O. The molecule has 4 aromatic rings. The lowest BCUT2D eigenvalue weighted by Gasteiger charge is -2.44. The maximum absolute atomic E-state index is 15.0. The molecule has 9 nitrogen and oxygen atoms in total. The first-order valence-corrected chi connectivity index (χ1v) is 13.6. The Morgan fingerprint density at radius 1 is 1.05 bits per heavy atom. The standard InChI is InChI=1S/C29H34F2N8O/c1-7-38-17(4)14-37(15-18(38)5)28(40)20-8-9-25(32-12-20)35-29-33-13-23(31)26(36-29)21-10-22(30)27-24(11-21)39(16(2)3)19(6)34-27/h8-13,16-18H,7,14-15H2,1-6H3,(H,32,33,35,36). The predicted molar refractivity (Wildman–Crippen MR) is 151 cm³/mol. The van der Waals surface area contributed by atoms with Gasteiger partial charge in [0.05, 0.1) is 17.3 Å². The number of benzene rings is 1. The van der Waals surface area contributed by atoms with Crippen LogP contribution in [0, 0.1) is 18.6 Å². The number of amides is 1. The summed E-state index contributed by atoms with van der Waals surface area (Å²) >= 11 is 0. The van der Waals surface area contributed by atoms with Crippen molar-refractivity contribution in [1.82, 2.24) is 34.3 Å². The molecule has 1 aliphatic rings. The second kappa shape index (κ2) is 10.9. The SMILES string of the molecule is CCN1C(C)CN(C(=O)c2ccc(Nc3ncc(F)c(-c4cc(F)c5nc(C)n(C(C)C)c5c4)n3)nc2)CC1C. The van der Waals surface area contributed by atoms with Gasteiger partial charge < -0.3 is 14.8 Å². The van der Waals surface area contributed by atoms with Gasteiger partial charge in [0.2, 0.25) is 5.95 Å². The van der Waals surface area contributed by atoms with E-state index in [2.05, 4.69) is 50.9 Å². The highest BCUT2D eigenvalue weighted by atomic mass is 19.1. The Morgan fingerprint density at radius 3 is 2.40 bits per heavy atom. The molecule has 11 heteroatoms. The van der Waals surface area contributed by atoms with Crippen molar-refractivity contribution in [3.63, 3.8) is 0 Å². The van der Waals surface area contributed by atoms with Gasteiger partial charge in [-0.1, -0.05) is 6.92 Å². The summed E-state index contributed by atoms with van der Waals surface area (Å²) in [4.78, 5) is 34.4. The first-order valence-electron chi connectivity index (χ1n) is 13.6. The van der Waals surface area contributed by atoms with Crippen LogP contribution in [0.3, 0.4) is 0 Å². The van der Waals surface area contributed by atoms with Crippen LogP contribution >= 0.6 is 0 Å². The number of aryl methyl sites for hydroxylation is 1. The van der Waals surface area contributed by atoms with Crippen molar-refractivity contribution in [2.45, 2.75) is 59.7 Å². The van der Waals surface area contributed by atoms with E-state index >= 15 is 0 Å². The Hall–Kier alpha value is -3.99. The average molecular weight is 549 g/mol. The lowest BCUT2D eigenvalue weighted by Crippen LogP contribution is -2.57. The smallest absolute Gasteiger partial charge is 0.255 e. The van der Waals surface area contributed by atoms with Gasteiger partial charge in [0.25, 0.3) is 5.91 Å². The lowest BCUT2D eigenvalue weighted by molar-refractivity contribution is 0.0330. The normalized spacial score (nSPS) is 18.1. The summed E-state index contributed by atoms with van der Waals surface area (Å²) in [6.07, 6.45) is 2.54. The Kier molecular flexibility index (Phi) is 7.50. The first-order chi connectivity index (χ1) is 19.1. The molecule has 1 saturated heterocycles. The third kappa shape index (κ3) is 5.13. The maximum atomic E-state index is 15.0. The van der Waals surface area contributed by atoms with Crippen molar-refractivity contribution in [2.75, 3.05) is 25.0 Å². The first kappa shape index (κ1) is 27.6. The van der Waals surface area contributed by atoms with E-state index in [1.54, 1.807) is 18.2 Å².